The third kappa shape index (κ3) is 6.82. The minimum Gasteiger partial charge on any atom is -0.504 e. The lowest BCUT2D eigenvalue weighted by atomic mass is 10.2. The van der Waals surface area contributed by atoms with E-state index < -0.39 is 6.49 Å². The standard InChI is InChI=1S/C27H33N6O6PS/c1-31(28-16-19-10-7-13-22(37-4)25(19)34)40(41,32(2)29-17-20-11-8-14-23(38-5)26(20)35)33(3)30-18-21-12-9-15-24(39-6)27(21)36/h7-18,34-36H,1-6H3/b28-16+,29-17+,30-18+. The fourth-order valence-electron chi connectivity index (χ4n) is 3.63. The topological polar surface area (TPSA) is 135 Å². The Kier molecular flexibility index (Phi) is 10.4. The summed E-state index contributed by atoms with van der Waals surface area (Å²) in [4.78, 5) is 0. The van der Waals surface area contributed by atoms with Crippen molar-refractivity contribution in [3.63, 3.8) is 0 Å². The van der Waals surface area contributed by atoms with Gasteiger partial charge in [-0.25, -0.2) is 14.3 Å². The maximum atomic E-state index is 10.5. The summed E-state index contributed by atoms with van der Waals surface area (Å²) in [5.74, 6) is 0.697. The van der Waals surface area contributed by atoms with Gasteiger partial charge in [-0.05, 0) is 48.2 Å². The van der Waals surface area contributed by atoms with Crippen LogP contribution in [-0.4, -0.2) is 90.8 Å². The molecule has 0 radical (unpaired) electrons. The molecule has 0 aliphatic carbocycles. The van der Waals surface area contributed by atoms with Gasteiger partial charge in [0, 0.05) is 37.8 Å². The highest BCUT2D eigenvalue weighted by Crippen LogP contribution is 2.55. The average molecular weight is 601 g/mol. The van der Waals surface area contributed by atoms with Gasteiger partial charge in [0.25, 0.3) is 6.49 Å². The molecule has 0 heterocycles. The van der Waals surface area contributed by atoms with Crippen LogP contribution >= 0.6 is 6.49 Å². The fourth-order valence-corrected chi connectivity index (χ4v) is 5.69. The first kappa shape index (κ1) is 31.1. The van der Waals surface area contributed by atoms with Gasteiger partial charge < -0.3 is 29.5 Å². The predicted octanol–water partition coefficient (Wildman–Crippen LogP) is 4.25. The van der Waals surface area contributed by atoms with Crippen molar-refractivity contribution in [3.8, 4) is 34.5 Å². The van der Waals surface area contributed by atoms with E-state index in [2.05, 4.69) is 15.3 Å². The number of phenolic OH excluding ortho intramolecular Hbond substituents is 3. The summed E-state index contributed by atoms with van der Waals surface area (Å²) in [6.07, 6.45) is 4.36. The number of rotatable bonds is 12. The second-order valence-corrected chi connectivity index (χ2v) is 12.6. The zero-order valence-electron chi connectivity index (χ0n) is 23.5. The van der Waals surface area contributed by atoms with Crippen LogP contribution in [0, 0.1) is 0 Å². The molecule has 0 spiro atoms. The molecule has 0 aliphatic heterocycles. The average Bonchev–Trinajstić information content (AvgIpc) is 2.98. The van der Waals surface area contributed by atoms with Crippen molar-refractivity contribution >= 4 is 36.9 Å². The predicted molar refractivity (Wildman–Crippen MR) is 164 cm³/mol. The molecule has 12 nitrogen and oxygen atoms in total. The van der Waals surface area contributed by atoms with Gasteiger partial charge >= 0.3 is 0 Å². The first-order valence-corrected chi connectivity index (χ1v) is 14.8. The molecule has 41 heavy (non-hydrogen) atoms. The van der Waals surface area contributed by atoms with Gasteiger partial charge in [-0.1, -0.05) is 18.2 Å². The Labute approximate surface area is 244 Å². The highest BCUT2D eigenvalue weighted by Gasteiger charge is 2.32. The molecule has 0 atom stereocenters. The molecule has 218 valence electrons. The Morgan fingerprint density at radius 1 is 0.585 bits per heavy atom. The molecule has 0 amide bonds. The van der Waals surface area contributed by atoms with E-state index in [9.17, 15) is 15.3 Å². The van der Waals surface area contributed by atoms with Gasteiger partial charge in [-0.3, -0.25) is 0 Å². The molecule has 0 aliphatic rings. The summed E-state index contributed by atoms with van der Waals surface area (Å²) in [6.45, 7) is -3.10. The van der Waals surface area contributed by atoms with Crippen LogP contribution in [-0.2, 0) is 11.8 Å². The van der Waals surface area contributed by atoms with Gasteiger partial charge in [0.05, 0.1) is 40.0 Å². The van der Waals surface area contributed by atoms with Gasteiger partial charge in [0.15, 0.2) is 34.5 Å². The number of ether oxygens (including phenoxy) is 3. The second kappa shape index (κ2) is 13.7. The smallest absolute Gasteiger partial charge is 0.265 e. The molecular formula is C27H33N6O6PS. The van der Waals surface area contributed by atoms with E-state index in [-0.39, 0.29) is 17.2 Å². The zero-order valence-corrected chi connectivity index (χ0v) is 25.2. The summed E-state index contributed by atoms with van der Waals surface area (Å²) < 4.78 is 20.1. The monoisotopic (exact) mass is 600 g/mol. The van der Waals surface area contributed by atoms with Crippen molar-refractivity contribution in [2.45, 2.75) is 0 Å². The molecule has 3 aromatic carbocycles. The molecular weight excluding hydrogens is 567 g/mol. The van der Waals surface area contributed by atoms with E-state index in [1.54, 1.807) is 75.7 Å². The highest BCUT2D eigenvalue weighted by molar-refractivity contribution is 8.11. The molecule has 0 unspecified atom stereocenters. The number of methoxy groups -OCH3 is 3. The summed E-state index contributed by atoms with van der Waals surface area (Å²) in [7, 11) is 9.38. The molecule has 14 heteroatoms. The van der Waals surface area contributed by atoms with Crippen LogP contribution in [0.1, 0.15) is 16.7 Å². The number of hydrazone groups is 3. The number of hydrogen-bond donors (Lipinski definition) is 3. The van der Waals surface area contributed by atoms with Gasteiger partial charge in [0.2, 0.25) is 0 Å². The third-order valence-electron chi connectivity index (χ3n) is 5.97. The Bertz CT molecular complexity index is 1330. The minimum absolute atomic E-state index is 0.0693. The highest BCUT2D eigenvalue weighted by atomic mass is 32.4. The van der Waals surface area contributed by atoms with E-state index in [0.29, 0.717) is 33.9 Å². The first-order chi connectivity index (χ1) is 19.6. The first-order valence-electron chi connectivity index (χ1n) is 12.1. The van der Waals surface area contributed by atoms with E-state index in [0.717, 1.165) is 0 Å². The molecule has 0 saturated heterocycles. The number of aromatic hydroxyl groups is 3. The molecule has 0 saturated carbocycles. The van der Waals surface area contributed by atoms with E-state index in [1.807, 2.05) is 0 Å². The fraction of sp³-hybridized carbons (Fsp3) is 0.222. The van der Waals surface area contributed by atoms with Crippen molar-refractivity contribution < 1.29 is 29.5 Å². The minimum atomic E-state index is -3.10. The van der Waals surface area contributed by atoms with Crippen molar-refractivity contribution in [2.24, 2.45) is 15.3 Å². The summed E-state index contributed by atoms with van der Waals surface area (Å²) in [6, 6.07) is 15.1. The van der Waals surface area contributed by atoms with Crippen molar-refractivity contribution in [2.75, 3.05) is 42.5 Å². The number of hydrogen-bond acceptors (Lipinski definition) is 10. The lowest BCUT2D eigenvalue weighted by Gasteiger charge is -2.39. The number of nitrogens with zero attached hydrogens (tertiary/aromatic N) is 6. The third-order valence-corrected chi connectivity index (χ3v) is 10.7. The maximum Gasteiger partial charge on any atom is 0.265 e. The zero-order chi connectivity index (χ0) is 30.2. The van der Waals surface area contributed by atoms with Gasteiger partial charge in [-0.15, -0.1) is 0 Å². The van der Waals surface area contributed by atoms with Crippen molar-refractivity contribution in [3.05, 3.63) is 71.3 Å². The molecule has 3 aromatic rings. The van der Waals surface area contributed by atoms with E-state index >= 15 is 0 Å². The van der Waals surface area contributed by atoms with E-state index in [4.69, 9.17) is 26.0 Å². The number of phenols is 3. The van der Waals surface area contributed by atoms with Crippen LogP contribution in [0.2, 0.25) is 0 Å². The van der Waals surface area contributed by atoms with Crippen LogP contribution in [0.3, 0.4) is 0 Å². The maximum absolute atomic E-state index is 10.5. The lowest BCUT2D eigenvalue weighted by Crippen LogP contribution is -2.29. The summed E-state index contributed by atoms with van der Waals surface area (Å²) in [5, 5.41) is 45.0. The SMILES string of the molecule is COc1cccc(/C=N/N(C)P(=S)(N(C)/N=C/c2cccc(OC)c2O)N(C)/N=C/c2cccc(OC)c2O)c1O. The Balaban J connectivity index is 2.02. The van der Waals surface area contributed by atoms with Gasteiger partial charge in [-0.2, -0.15) is 15.3 Å². The lowest BCUT2D eigenvalue weighted by molar-refractivity contribution is 0.373. The van der Waals surface area contributed by atoms with Crippen LogP contribution in [0.5, 0.6) is 34.5 Å². The van der Waals surface area contributed by atoms with Crippen LogP contribution in [0.15, 0.2) is 69.9 Å². The summed E-state index contributed by atoms with van der Waals surface area (Å²) in [5.41, 5.74) is 1.24. The van der Waals surface area contributed by atoms with Crippen molar-refractivity contribution in [1.82, 2.24) is 14.3 Å². The van der Waals surface area contributed by atoms with Crippen LogP contribution < -0.4 is 14.2 Å². The second-order valence-electron chi connectivity index (χ2n) is 8.41. The Morgan fingerprint density at radius 2 is 0.854 bits per heavy atom. The quantitative estimate of drug-likeness (QED) is 0.157. The van der Waals surface area contributed by atoms with Crippen LogP contribution in [0.4, 0.5) is 0 Å². The molecule has 0 bridgehead atoms. The molecule has 3 N–H and O–H groups in total. The largest absolute Gasteiger partial charge is 0.504 e. The molecule has 3 rings (SSSR count). The van der Waals surface area contributed by atoms with Gasteiger partial charge in [0.1, 0.15) is 0 Å². The molecule has 0 fully saturated rings. The van der Waals surface area contributed by atoms with E-state index in [1.165, 1.54) is 54.3 Å². The van der Waals surface area contributed by atoms with Crippen molar-refractivity contribution in [1.29, 1.82) is 0 Å². The number of benzene rings is 3. The normalized spacial score (nSPS) is 11.8. The molecule has 0 aromatic heterocycles. The summed E-state index contributed by atoms with van der Waals surface area (Å²) >= 11 is 6.15. The Morgan fingerprint density at radius 3 is 1.10 bits per heavy atom. The Hall–Kier alpha value is -4.48. The number of para-hydroxylation sites is 3. The van der Waals surface area contributed by atoms with Crippen LogP contribution in [0.25, 0.3) is 0 Å².